The van der Waals surface area contributed by atoms with Gasteiger partial charge < -0.3 is 9.30 Å². The molecule has 0 fully saturated rings. The lowest BCUT2D eigenvalue weighted by molar-refractivity contribution is 0.303. The zero-order chi connectivity index (χ0) is 17.8. The van der Waals surface area contributed by atoms with Gasteiger partial charge in [-0.1, -0.05) is 58.4 Å². The first-order valence-electron chi connectivity index (χ1n) is 8.70. The van der Waals surface area contributed by atoms with Gasteiger partial charge in [-0.3, -0.25) is 0 Å². The van der Waals surface area contributed by atoms with Crippen LogP contribution in [-0.4, -0.2) is 16.2 Å². The molecule has 1 aromatic heterocycles. The molecule has 3 nitrogen and oxygen atoms in total. The molecular weight excluding hydrogens is 388 g/mol. The Bertz CT molecular complexity index is 1010. The van der Waals surface area contributed by atoms with Crippen LogP contribution in [0.15, 0.2) is 83.3 Å². The minimum absolute atomic E-state index is 0.675. The number of benzene rings is 3. The summed E-state index contributed by atoms with van der Waals surface area (Å²) in [6.07, 6.45) is 0.913. The van der Waals surface area contributed by atoms with Crippen molar-refractivity contribution in [3.63, 3.8) is 0 Å². The Morgan fingerprint density at radius 2 is 1.69 bits per heavy atom. The van der Waals surface area contributed by atoms with Gasteiger partial charge in [0.05, 0.1) is 17.6 Å². The summed E-state index contributed by atoms with van der Waals surface area (Å²) in [6.45, 7) is 1.53. The maximum Gasteiger partial charge on any atom is 0.141 e. The minimum Gasteiger partial charge on any atom is -0.494 e. The lowest BCUT2D eigenvalue weighted by Crippen LogP contribution is -2.06. The van der Waals surface area contributed by atoms with Crippen molar-refractivity contribution in [2.24, 2.45) is 0 Å². The standard InChI is InChI=1S/C22H19BrN2O/c23-18-9-6-8-17(16-18)22-24-20-12-4-5-13-21(20)25(22)14-7-15-26-19-10-2-1-3-11-19/h1-6,8-13,16H,7,14-15H2. The molecular formula is C22H19BrN2O. The summed E-state index contributed by atoms with van der Waals surface area (Å²) in [6, 6.07) is 26.5. The van der Waals surface area contributed by atoms with Crippen LogP contribution >= 0.6 is 15.9 Å². The van der Waals surface area contributed by atoms with Crippen molar-refractivity contribution in [1.29, 1.82) is 0 Å². The van der Waals surface area contributed by atoms with E-state index in [0.29, 0.717) is 6.61 Å². The number of para-hydroxylation sites is 3. The molecule has 0 N–H and O–H groups in total. The van der Waals surface area contributed by atoms with Crippen molar-refractivity contribution >= 4 is 27.0 Å². The van der Waals surface area contributed by atoms with Crippen LogP contribution in [0.2, 0.25) is 0 Å². The van der Waals surface area contributed by atoms with E-state index in [0.717, 1.165) is 45.6 Å². The largest absolute Gasteiger partial charge is 0.494 e. The van der Waals surface area contributed by atoms with E-state index in [1.54, 1.807) is 0 Å². The van der Waals surface area contributed by atoms with Crippen LogP contribution in [0.25, 0.3) is 22.4 Å². The number of rotatable bonds is 6. The van der Waals surface area contributed by atoms with E-state index in [1.165, 1.54) is 0 Å². The Balaban J connectivity index is 1.58. The summed E-state index contributed by atoms with van der Waals surface area (Å²) in [5.41, 5.74) is 3.29. The van der Waals surface area contributed by atoms with Crippen LogP contribution in [0.4, 0.5) is 0 Å². The third kappa shape index (κ3) is 3.65. The van der Waals surface area contributed by atoms with Gasteiger partial charge >= 0.3 is 0 Å². The lowest BCUT2D eigenvalue weighted by Gasteiger charge is -2.11. The number of imidazole rings is 1. The molecule has 0 saturated heterocycles. The first kappa shape index (κ1) is 16.9. The van der Waals surface area contributed by atoms with Crippen LogP contribution < -0.4 is 4.74 Å². The number of aromatic nitrogens is 2. The SMILES string of the molecule is Brc1cccc(-c2nc3ccccc3n2CCCOc2ccccc2)c1. The molecule has 4 aromatic rings. The van der Waals surface area contributed by atoms with Gasteiger partial charge in [-0.05, 0) is 42.8 Å². The highest BCUT2D eigenvalue weighted by Gasteiger charge is 2.12. The van der Waals surface area contributed by atoms with Gasteiger partial charge in [-0.15, -0.1) is 0 Å². The van der Waals surface area contributed by atoms with Crippen LogP contribution in [-0.2, 0) is 6.54 Å². The molecule has 4 rings (SSSR count). The predicted molar refractivity (Wildman–Crippen MR) is 109 cm³/mol. The van der Waals surface area contributed by atoms with Crippen molar-refractivity contribution in [2.75, 3.05) is 6.61 Å². The molecule has 3 aromatic carbocycles. The topological polar surface area (TPSA) is 27.1 Å². The van der Waals surface area contributed by atoms with Gasteiger partial charge in [0, 0.05) is 16.6 Å². The second-order valence-electron chi connectivity index (χ2n) is 6.10. The molecule has 0 bridgehead atoms. The van der Waals surface area contributed by atoms with E-state index in [2.05, 4.69) is 50.8 Å². The van der Waals surface area contributed by atoms with Crippen molar-refractivity contribution in [2.45, 2.75) is 13.0 Å². The molecule has 0 radical (unpaired) electrons. The van der Waals surface area contributed by atoms with Gasteiger partial charge in [-0.25, -0.2) is 4.98 Å². The number of ether oxygens (including phenoxy) is 1. The third-order valence-electron chi connectivity index (χ3n) is 4.28. The molecule has 0 amide bonds. The van der Waals surface area contributed by atoms with Crippen molar-refractivity contribution in [3.8, 4) is 17.1 Å². The smallest absolute Gasteiger partial charge is 0.141 e. The number of hydrogen-bond donors (Lipinski definition) is 0. The Morgan fingerprint density at radius 1 is 0.885 bits per heavy atom. The Morgan fingerprint density at radius 3 is 2.54 bits per heavy atom. The minimum atomic E-state index is 0.675. The van der Waals surface area contributed by atoms with Gasteiger partial charge in [0.1, 0.15) is 11.6 Å². The fraction of sp³-hybridized carbons (Fsp3) is 0.136. The summed E-state index contributed by atoms with van der Waals surface area (Å²) >= 11 is 3.56. The summed E-state index contributed by atoms with van der Waals surface area (Å²) in [5.74, 6) is 1.91. The Kier molecular flexibility index (Phi) is 5.02. The molecule has 0 aliphatic heterocycles. The third-order valence-corrected chi connectivity index (χ3v) is 4.77. The van der Waals surface area contributed by atoms with E-state index >= 15 is 0 Å². The molecule has 0 saturated carbocycles. The Hall–Kier alpha value is -2.59. The number of nitrogens with zero attached hydrogens (tertiary/aromatic N) is 2. The summed E-state index contributed by atoms with van der Waals surface area (Å²) < 4.78 is 9.18. The van der Waals surface area contributed by atoms with Crippen molar-refractivity contribution in [1.82, 2.24) is 9.55 Å². The van der Waals surface area contributed by atoms with Crippen molar-refractivity contribution in [3.05, 3.63) is 83.3 Å². The van der Waals surface area contributed by atoms with Crippen LogP contribution in [0, 0.1) is 0 Å². The first-order chi connectivity index (χ1) is 12.8. The average molecular weight is 407 g/mol. The molecule has 0 atom stereocenters. The van der Waals surface area contributed by atoms with Crippen molar-refractivity contribution < 1.29 is 4.74 Å². The van der Waals surface area contributed by atoms with Crippen LogP contribution in [0.5, 0.6) is 5.75 Å². The highest BCUT2D eigenvalue weighted by molar-refractivity contribution is 9.10. The van der Waals surface area contributed by atoms with E-state index < -0.39 is 0 Å². The predicted octanol–water partition coefficient (Wildman–Crippen LogP) is 5.93. The molecule has 1 heterocycles. The highest BCUT2D eigenvalue weighted by atomic mass is 79.9. The average Bonchev–Trinajstić information content (AvgIpc) is 3.05. The van der Waals surface area contributed by atoms with Gasteiger partial charge in [0.2, 0.25) is 0 Å². The van der Waals surface area contributed by atoms with E-state index in [4.69, 9.17) is 9.72 Å². The quantitative estimate of drug-likeness (QED) is 0.370. The summed E-state index contributed by atoms with van der Waals surface area (Å²) in [5, 5.41) is 0. The maximum atomic E-state index is 5.84. The van der Waals surface area contributed by atoms with E-state index in [9.17, 15) is 0 Å². The summed E-state index contributed by atoms with van der Waals surface area (Å²) in [7, 11) is 0. The number of hydrogen-bond acceptors (Lipinski definition) is 2. The Labute approximate surface area is 161 Å². The monoisotopic (exact) mass is 406 g/mol. The number of fused-ring (bicyclic) bond motifs is 1. The lowest BCUT2D eigenvalue weighted by atomic mass is 10.2. The fourth-order valence-corrected chi connectivity index (χ4v) is 3.48. The maximum absolute atomic E-state index is 5.84. The molecule has 0 spiro atoms. The highest BCUT2D eigenvalue weighted by Crippen LogP contribution is 2.27. The normalized spacial score (nSPS) is 11.0. The molecule has 0 unspecified atom stereocenters. The molecule has 4 heteroatoms. The molecule has 0 aliphatic rings. The number of aryl methyl sites for hydroxylation is 1. The summed E-state index contributed by atoms with van der Waals surface area (Å²) in [4.78, 5) is 4.86. The van der Waals surface area contributed by atoms with E-state index in [-0.39, 0.29) is 0 Å². The van der Waals surface area contributed by atoms with E-state index in [1.807, 2.05) is 48.5 Å². The van der Waals surface area contributed by atoms with Gasteiger partial charge in [0.25, 0.3) is 0 Å². The second-order valence-corrected chi connectivity index (χ2v) is 7.02. The molecule has 26 heavy (non-hydrogen) atoms. The van der Waals surface area contributed by atoms with Gasteiger partial charge in [-0.2, -0.15) is 0 Å². The molecule has 0 aliphatic carbocycles. The zero-order valence-corrected chi connectivity index (χ0v) is 15.9. The fourth-order valence-electron chi connectivity index (χ4n) is 3.08. The van der Waals surface area contributed by atoms with Gasteiger partial charge in [0.15, 0.2) is 0 Å². The second kappa shape index (κ2) is 7.75. The van der Waals surface area contributed by atoms with Crippen LogP contribution in [0.3, 0.4) is 0 Å². The van der Waals surface area contributed by atoms with Crippen LogP contribution in [0.1, 0.15) is 6.42 Å². The zero-order valence-electron chi connectivity index (χ0n) is 14.3. The molecule has 130 valence electrons. The first-order valence-corrected chi connectivity index (χ1v) is 9.49. The number of halogens is 1.